The quantitative estimate of drug-likeness (QED) is 0.793. The van der Waals surface area contributed by atoms with Crippen molar-refractivity contribution in [1.29, 1.82) is 0 Å². The Hall–Kier alpha value is -2.96. The van der Waals surface area contributed by atoms with Gasteiger partial charge in [0.05, 0.1) is 6.20 Å². The van der Waals surface area contributed by atoms with Crippen molar-refractivity contribution in [3.63, 3.8) is 0 Å². The van der Waals surface area contributed by atoms with Crippen LogP contribution in [0.1, 0.15) is 34.7 Å². The minimum absolute atomic E-state index is 0.00120. The molecule has 1 N–H and O–H groups in total. The summed E-state index contributed by atoms with van der Waals surface area (Å²) < 4.78 is 1.64. The number of fused-ring (bicyclic) bond motifs is 1. The number of piperidine rings is 1. The molecule has 1 amide bonds. The molecule has 4 heterocycles. The molecule has 0 saturated carbocycles. The number of nitrogens with zero attached hydrogens (tertiary/aromatic N) is 5. The number of pyridine rings is 1. The number of aromatic nitrogens is 4. The largest absolute Gasteiger partial charge is 0.373 e. The fourth-order valence-electron chi connectivity index (χ4n) is 3.42. The van der Waals surface area contributed by atoms with Gasteiger partial charge in [-0.2, -0.15) is 5.10 Å². The first-order valence-electron chi connectivity index (χ1n) is 8.47. The fraction of sp³-hybridized carbons (Fsp3) is 0.333. The number of carbonyl (C=O) groups is 1. The predicted molar refractivity (Wildman–Crippen MR) is 94.6 cm³/mol. The smallest absolute Gasteiger partial charge is 0.259 e. The number of carbonyl (C=O) groups excluding carboxylic acids is 1. The molecule has 25 heavy (non-hydrogen) atoms. The second-order valence-electron chi connectivity index (χ2n) is 6.26. The second-order valence-corrected chi connectivity index (χ2v) is 6.26. The molecule has 1 atom stereocenters. The lowest BCUT2D eigenvalue weighted by atomic mass is 9.91. The Kier molecular flexibility index (Phi) is 4.05. The van der Waals surface area contributed by atoms with Crippen molar-refractivity contribution in [1.82, 2.24) is 24.5 Å². The standard InChI is InChI=1S/C18H20N6O/c1-19-16-10-13(5-7-20-16)14-4-2-8-23(12-14)18(25)15-11-22-24-9-3-6-21-17(15)24/h3,5-7,9-11,14H,2,4,8,12H2,1H3,(H,19,20)/t14-/m1/s1. The van der Waals surface area contributed by atoms with Gasteiger partial charge in [-0.25, -0.2) is 14.5 Å². The molecular weight excluding hydrogens is 316 g/mol. The SMILES string of the molecule is CNc1cc([C@@H]2CCCN(C(=O)c3cnn4cccnc34)C2)ccn1. The minimum Gasteiger partial charge on any atom is -0.373 e. The molecule has 0 aromatic carbocycles. The molecule has 1 aliphatic heterocycles. The molecule has 7 nitrogen and oxygen atoms in total. The number of rotatable bonds is 3. The summed E-state index contributed by atoms with van der Waals surface area (Å²) >= 11 is 0. The van der Waals surface area contributed by atoms with Crippen molar-refractivity contribution < 1.29 is 4.79 Å². The van der Waals surface area contributed by atoms with Crippen molar-refractivity contribution in [3.05, 3.63) is 54.1 Å². The van der Waals surface area contributed by atoms with Crippen LogP contribution in [0.25, 0.3) is 5.65 Å². The van der Waals surface area contributed by atoms with Crippen molar-refractivity contribution in [2.24, 2.45) is 0 Å². The predicted octanol–water partition coefficient (Wildman–Crippen LogP) is 2.19. The van der Waals surface area contributed by atoms with Gasteiger partial charge in [-0.3, -0.25) is 4.79 Å². The maximum atomic E-state index is 13.0. The number of hydrogen-bond donors (Lipinski definition) is 1. The molecule has 0 aliphatic carbocycles. The van der Waals surface area contributed by atoms with Gasteiger partial charge >= 0.3 is 0 Å². The van der Waals surface area contributed by atoms with Gasteiger partial charge in [-0.05, 0) is 36.6 Å². The molecule has 1 fully saturated rings. The summed E-state index contributed by atoms with van der Waals surface area (Å²) in [4.78, 5) is 23.5. The van der Waals surface area contributed by atoms with Crippen LogP contribution in [0.3, 0.4) is 0 Å². The fourth-order valence-corrected chi connectivity index (χ4v) is 3.42. The van der Waals surface area contributed by atoms with Crippen LogP contribution in [0, 0.1) is 0 Å². The highest BCUT2D eigenvalue weighted by Gasteiger charge is 2.27. The summed E-state index contributed by atoms with van der Waals surface area (Å²) in [5, 5.41) is 7.30. The Morgan fingerprint density at radius 2 is 2.24 bits per heavy atom. The monoisotopic (exact) mass is 336 g/mol. The normalized spacial score (nSPS) is 17.6. The maximum Gasteiger partial charge on any atom is 0.259 e. The van der Waals surface area contributed by atoms with E-state index < -0.39 is 0 Å². The molecule has 1 aliphatic rings. The zero-order valence-electron chi connectivity index (χ0n) is 14.1. The van der Waals surface area contributed by atoms with E-state index in [1.54, 1.807) is 29.2 Å². The van der Waals surface area contributed by atoms with Gasteiger partial charge in [0.2, 0.25) is 0 Å². The Labute approximate surface area is 145 Å². The number of nitrogens with one attached hydrogen (secondary N) is 1. The van der Waals surface area contributed by atoms with Crippen LogP contribution >= 0.6 is 0 Å². The van der Waals surface area contributed by atoms with Gasteiger partial charge < -0.3 is 10.2 Å². The van der Waals surface area contributed by atoms with E-state index in [2.05, 4.69) is 26.4 Å². The highest BCUT2D eigenvalue weighted by molar-refractivity contribution is 5.99. The molecule has 1 saturated heterocycles. The lowest BCUT2D eigenvalue weighted by molar-refractivity contribution is 0.0709. The van der Waals surface area contributed by atoms with Crippen LogP contribution in [0.4, 0.5) is 5.82 Å². The van der Waals surface area contributed by atoms with Gasteiger partial charge in [0.25, 0.3) is 5.91 Å². The van der Waals surface area contributed by atoms with Gasteiger partial charge in [0.1, 0.15) is 11.4 Å². The summed E-state index contributed by atoms with van der Waals surface area (Å²) in [6.07, 6.45) is 8.97. The number of amides is 1. The molecule has 0 radical (unpaired) electrons. The van der Waals surface area contributed by atoms with Gasteiger partial charge in [-0.15, -0.1) is 0 Å². The van der Waals surface area contributed by atoms with Crippen molar-refractivity contribution in [2.45, 2.75) is 18.8 Å². The first-order chi connectivity index (χ1) is 12.3. The van der Waals surface area contributed by atoms with E-state index in [9.17, 15) is 4.79 Å². The van der Waals surface area contributed by atoms with Crippen LogP contribution in [-0.2, 0) is 0 Å². The molecular formula is C18H20N6O. The Morgan fingerprint density at radius 3 is 3.12 bits per heavy atom. The van der Waals surface area contributed by atoms with Crippen LogP contribution in [-0.4, -0.2) is 50.5 Å². The summed E-state index contributed by atoms with van der Waals surface area (Å²) in [5.41, 5.74) is 2.39. The first kappa shape index (κ1) is 15.6. The topological polar surface area (TPSA) is 75.4 Å². The third-order valence-electron chi connectivity index (χ3n) is 4.73. The summed E-state index contributed by atoms with van der Waals surface area (Å²) in [5.74, 6) is 1.18. The van der Waals surface area contributed by atoms with Crippen molar-refractivity contribution >= 4 is 17.4 Å². The van der Waals surface area contributed by atoms with E-state index in [0.29, 0.717) is 23.7 Å². The van der Waals surface area contributed by atoms with Crippen LogP contribution in [0.5, 0.6) is 0 Å². The summed E-state index contributed by atoms with van der Waals surface area (Å²) in [6.45, 7) is 1.47. The van der Waals surface area contributed by atoms with E-state index in [1.807, 2.05) is 24.2 Å². The second kappa shape index (κ2) is 6.51. The van der Waals surface area contributed by atoms with E-state index in [1.165, 1.54) is 5.56 Å². The highest BCUT2D eigenvalue weighted by Crippen LogP contribution is 2.28. The molecule has 7 heteroatoms. The molecule has 0 bridgehead atoms. The van der Waals surface area contributed by atoms with Gasteiger partial charge in [0, 0.05) is 44.6 Å². The zero-order valence-corrected chi connectivity index (χ0v) is 14.1. The van der Waals surface area contributed by atoms with Crippen molar-refractivity contribution in [3.8, 4) is 0 Å². The number of likely N-dealkylation sites (tertiary alicyclic amines) is 1. The van der Waals surface area contributed by atoms with Crippen LogP contribution < -0.4 is 5.32 Å². The van der Waals surface area contributed by atoms with Crippen LogP contribution in [0.2, 0.25) is 0 Å². The van der Waals surface area contributed by atoms with E-state index >= 15 is 0 Å². The minimum atomic E-state index is 0.00120. The van der Waals surface area contributed by atoms with Crippen molar-refractivity contribution in [2.75, 3.05) is 25.5 Å². The molecule has 0 spiro atoms. The maximum absolute atomic E-state index is 13.0. The molecule has 128 valence electrons. The van der Waals surface area contributed by atoms with E-state index in [-0.39, 0.29) is 5.91 Å². The lowest BCUT2D eigenvalue weighted by Crippen LogP contribution is -2.39. The first-order valence-corrected chi connectivity index (χ1v) is 8.47. The summed E-state index contributed by atoms with van der Waals surface area (Å²) in [7, 11) is 1.86. The molecule has 0 unspecified atom stereocenters. The third kappa shape index (κ3) is 2.93. The third-order valence-corrected chi connectivity index (χ3v) is 4.73. The Balaban J connectivity index is 1.57. The average Bonchev–Trinajstić information content (AvgIpc) is 3.11. The lowest BCUT2D eigenvalue weighted by Gasteiger charge is -2.33. The molecule has 4 rings (SSSR count). The van der Waals surface area contributed by atoms with Gasteiger partial charge in [-0.1, -0.05) is 0 Å². The van der Waals surface area contributed by atoms with Crippen LogP contribution in [0.15, 0.2) is 43.0 Å². The molecule has 3 aromatic rings. The highest BCUT2D eigenvalue weighted by atomic mass is 16.2. The average molecular weight is 336 g/mol. The summed E-state index contributed by atoms with van der Waals surface area (Å²) in [6, 6.07) is 5.90. The van der Waals surface area contributed by atoms with Gasteiger partial charge in [0.15, 0.2) is 5.65 Å². The molecule has 3 aromatic heterocycles. The number of hydrogen-bond acceptors (Lipinski definition) is 5. The van der Waals surface area contributed by atoms with E-state index in [4.69, 9.17) is 0 Å². The van der Waals surface area contributed by atoms with E-state index in [0.717, 1.165) is 25.2 Å². The number of anilines is 1. The Bertz CT molecular complexity index is 905. The zero-order chi connectivity index (χ0) is 17.2. The Morgan fingerprint density at radius 1 is 1.32 bits per heavy atom.